The van der Waals surface area contributed by atoms with E-state index >= 15 is 0 Å². The Kier molecular flexibility index (Phi) is 1.04. The molecule has 0 aliphatic carbocycles. The number of carbonyl (C=O) groups is 1. The molecule has 0 aromatic carbocycles. The number of amidine groups is 1. The van der Waals surface area contributed by atoms with Crippen molar-refractivity contribution in [1.29, 1.82) is 0 Å². The predicted molar refractivity (Wildman–Crippen MR) is 30.7 cm³/mol. The number of aliphatic imine (C=N–C) groups is 1. The lowest BCUT2D eigenvalue weighted by atomic mass is 10.6. The fraction of sp³-hybridized carbons (Fsp3) is 0.600. The average Bonchev–Trinajstić information content (AvgIpc) is 1.85. The smallest absolute Gasteiger partial charge is 0.266 e. The fourth-order valence-corrected chi connectivity index (χ4v) is 0.618. The molecule has 0 saturated carbocycles. The molecule has 1 rings (SSSR count). The zero-order valence-electron chi connectivity index (χ0n) is 5.01. The molecule has 0 unspecified atom stereocenters. The minimum absolute atomic E-state index is 0.0370. The molecule has 0 radical (unpaired) electrons. The highest BCUT2D eigenvalue weighted by Crippen LogP contribution is 1.96. The Balaban J connectivity index is 2.73. The first-order chi connectivity index (χ1) is 3.70. The number of hydrogen-bond donors (Lipinski definition) is 0. The molecular weight excluding hydrogens is 104 g/mol. The van der Waals surface area contributed by atoms with E-state index in [-0.39, 0.29) is 5.91 Å². The van der Waals surface area contributed by atoms with Gasteiger partial charge in [-0.05, 0) is 6.92 Å². The first kappa shape index (κ1) is 5.28. The van der Waals surface area contributed by atoms with Gasteiger partial charge in [0.25, 0.3) is 5.91 Å². The summed E-state index contributed by atoms with van der Waals surface area (Å²) in [6.07, 6.45) is 0. The molecule has 8 heavy (non-hydrogen) atoms. The van der Waals surface area contributed by atoms with Gasteiger partial charge in [0, 0.05) is 7.05 Å². The van der Waals surface area contributed by atoms with Gasteiger partial charge in [-0.3, -0.25) is 4.79 Å². The third-order valence-electron chi connectivity index (χ3n) is 1.21. The summed E-state index contributed by atoms with van der Waals surface area (Å²) in [5.41, 5.74) is 0. The molecule has 3 heteroatoms. The highest BCUT2D eigenvalue weighted by atomic mass is 16.2. The lowest BCUT2D eigenvalue weighted by molar-refractivity contribution is -0.116. The minimum Gasteiger partial charge on any atom is -0.354 e. The predicted octanol–water partition coefficient (Wildman–Crippen LogP) is -0.123. The molecule has 1 amide bonds. The molecule has 0 saturated heterocycles. The van der Waals surface area contributed by atoms with Gasteiger partial charge in [-0.15, -0.1) is 0 Å². The largest absolute Gasteiger partial charge is 0.354 e. The third-order valence-corrected chi connectivity index (χ3v) is 1.21. The Morgan fingerprint density at radius 1 is 1.75 bits per heavy atom. The number of nitrogens with zero attached hydrogens (tertiary/aromatic N) is 2. The molecule has 1 aliphatic rings. The van der Waals surface area contributed by atoms with Crippen LogP contribution < -0.4 is 0 Å². The van der Waals surface area contributed by atoms with E-state index in [0.717, 1.165) is 5.84 Å². The van der Waals surface area contributed by atoms with Crippen LogP contribution in [0.5, 0.6) is 0 Å². The zero-order chi connectivity index (χ0) is 6.15. The Morgan fingerprint density at radius 2 is 2.38 bits per heavy atom. The first-order valence-electron chi connectivity index (χ1n) is 2.49. The molecule has 0 fully saturated rings. The maximum atomic E-state index is 10.4. The number of hydrogen-bond acceptors (Lipinski definition) is 2. The van der Waals surface area contributed by atoms with Gasteiger partial charge < -0.3 is 4.90 Å². The van der Waals surface area contributed by atoms with Crippen molar-refractivity contribution in [2.45, 2.75) is 6.92 Å². The molecule has 0 spiro atoms. The molecule has 0 aromatic heterocycles. The van der Waals surface area contributed by atoms with Gasteiger partial charge in [0.15, 0.2) is 0 Å². The van der Waals surface area contributed by atoms with Crippen LogP contribution >= 0.6 is 0 Å². The van der Waals surface area contributed by atoms with Crippen molar-refractivity contribution >= 4 is 11.7 Å². The number of likely N-dealkylation sites (N-methyl/N-ethyl adjacent to an activating group) is 1. The molecule has 0 aromatic rings. The summed E-state index contributed by atoms with van der Waals surface area (Å²) in [4.78, 5) is 15.9. The van der Waals surface area contributed by atoms with Crippen LogP contribution in [0.2, 0.25) is 0 Å². The minimum atomic E-state index is -0.0370. The maximum Gasteiger partial charge on any atom is 0.266 e. The summed E-state index contributed by atoms with van der Waals surface area (Å²) < 4.78 is 0. The monoisotopic (exact) mass is 112 g/mol. The number of carbonyl (C=O) groups excluding carboxylic acids is 1. The molecule has 1 heterocycles. The second kappa shape index (κ2) is 1.58. The average molecular weight is 112 g/mol. The number of rotatable bonds is 0. The molecule has 0 N–H and O–H groups in total. The van der Waals surface area contributed by atoms with Crippen molar-refractivity contribution < 1.29 is 4.79 Å². The molecule has 3 nitrogen and oxygen atoms in total. The van der Waals surface area contributed by atoms with Crippen LogP contribution in [0.1, 0.15) is 6.92 Å². The van der Waals surface area contributed by atoms with Gasteiger partial charge in [0.2, 0.25) is 0 Å². The van der Waals surface area contributed by atoms with Gasteiger partial charge in [-0.1, -0.05) is 0 Å². The maximum absolute atomic E-state index is 10.4. The topological polar surface area (TPSA) is 32.7 Å². The summed E-state index contributed by atoms with van der Waals surface area (Å²) in [7, 11) is 1.85. The van der Waals surface area contributed by atoms with E-state index in [4.69, 9.17) is 0 Å². The van der Waals surface area contributed by atoms with Crippen LogP contribution in [-0.2, 0) is 4.79 Å². The van der Waals surface area contributed by atoms with Crippen LogP contribution in [0.3, 0.4) is 0 Å². The van der Waals surface area contributed by atoms with Crippen molar-refractivity contribution in [2.75, 3.05) is 13.6 Å². The normalized spacial score (nSPS) is 19.5. The van der Waals surface area contributed by atoms with Crippen LogP contribution in [0.4, 0.5) is 0 Å². The van der Waals surface area contributed by atoms with E-state index in [0.29, 0.717) is 6.54 Å². The van der Waals surface area contributed by atoms with Gasteiger partial charge in [-0.2, -0.15) is 4.99 Å². The molecule has 0 atom stereocenters. The Labute approximate surface area is 48.0 Å². The highest BCUT2D eigenvalue weighted by molar-refractivity contribution is 6.00. The van der Waals surface area contributed by atoms with E-state index in [1.165, 1.54) is 0 Å². The fourth-order valence-electron chi connectivity index (χ4n) is 0.618. The van der Waals surface area contributed by atoms with Crippen LogP contribution in [0, 0.1) is 0 Å². The Bertz CT molecular complexity index is 151. The van der Waals surface area contributed by atoms with Gasteiger partial charge in [-0.25, -0.2) is 0 Å². The highest BCUT2D eigenvalue weighted by Gasteiger charge is 2.13. The Hall–Kier alpha value is -0.860. The van der Waals surface area contributed by atoms with Crippen molar-refractivity contribution in [1.82, 2.24) is 4.90 Å². The quantitative estimate of drug-likeness (QED) is 0.437. The summed E-state index contributed by atoms with van der Waals surface area (Å²) >= 11 is 0. The van der Waals surface area contributed by atoms with Crippen LogP contribution in [0.15, 0.2) is 4.99 Å². The van der Waals surface area contributed by atoms with Crippen LogP contribution in [-0.4, -0.2) is 30.2 Å². The number of amides is 1. The van der Waals surface area contributed by atoms with Gasteiger partial charge in [0.05, 0.1) is 6.54 Å². The molecule has 0 bridgehead atoms. The van der Waals surface area contributed by atoms with E-state index in [1.54, 1.807) is 0 Å². The summed E-state index contributed by atoms with van der Waals surface area (Å²) in [5.74, 6) is 0.778. The molecule has 44 valence electrons. The van der Waals surface area contributed by atoms with Crippen molar-refractivity contribution in [3.05, 3.63) is 0 Å². The second-order valence-electron chi connectivity index (χ2n) is 1.91. The van der Waals surface area contributed by atoms with Crippen molar-refractivity contribution in [3.8, 4) is 0 Å². The third kappa shape index (κ3) is 0.710. The van der Waals surface area contributed by atoms with E-state index < -0.39 is 0 Å². The molecule has 1 aliphatic heterocycles. The SMILES string of the molecule is CC1=NC(=O)CN1C. The van der Waals surface area contributed by atoms with Crippen LogP contribution in [0.25, 0.3) is 0 Å². The van der Waals surface area contributed by atoms with E-state index in [2.05, 4.69) is 4.99 Å². The second-order valence-corrected chi connectivity index (χ2v) is 1.91. The first-order valence-corrected chi connectivity index (χ1v) is 2.49. The summed E-state index contributed by atoms with van der Waals surface area (Å²) in [5, 5.41) is 0. The standard InChI is InChI=1S/C5H8N2O/c1-4-6-5(8)3-7(4)2/h3H2,1-2H3. The lowest BCUT2D eigenvalue weighted by Crippen LogP contribution is -2.20. The van der Waals surface area contributed by atoms with Gasteiger partial charge >= 0.3 is 0 Å². The summed E-state index contributed by atoms with van der Waals surface area (Å²) in [6.45, 7) is 2.27. The van der Waals surface area contributed by atoms with E-state index in [9.17, 15) is 4.79 Å². The lowest BCUT2D eigenvalue weighted by Gasteiger charge is -2.05. The Morgan fingerprint density at radius 3 is 2.50 bits per heavy atom. The van der Waals surface area contributed by atoms with Crippen molar-refractivity contribution in [3.63, 3.8) is 0 Å². The summed E-state index contributed by atoms with van der Waals surface area (Å²) in [6, 6.07) is 0. The zero-order valence-corrected chi connectivity index (χ0v) is 5.01. The molecular formula is C5H8N2O. The van der Waals surface area contributed by atoms with E-state index in [1.807, 2.05) is 18.9 Å². The van der Waals surface area contributed by atoms with Crippen molar-refractivity contribution in [2.24, 2.45) is 4.99 Å². The van der Waals surface area contributed by atoms with Gasteiger partial charge in [0.1, 0.15) is 5.84 Å².